The molecule has 0 radical (unpaired) electrons. The Balaban J connectivity index is 1.76. The van der Waals surface area contributed by atoms with Crippen molar-refractivity contribution in [3.63, 3.8) is 0 Å². The lowest BCUT2D eigenvalue weighted by molar-refractivity contribution is 0.416. The van der Waals surface area contributed by atoms with E-state index in [1.54, 1.807) is 6.07 Å². The van der Waals surface area contributed by atoms with Crippen LogP contribution >= 0.6 is 0 Å². The number of benzene rings is 1. The van der Waals surface area contributed by atoms with Crippen LogP contribution in [0.1, 0.15) is 30.9 Å². The zero-order valence-corrected chi connectivity index (χ0v) is 10.5. The van der Waals surface area contributed by atoms with E-state index < -0.39 is 0 Å². The number of nitrogen functional groups attached to an aromatic ring is 1. The number of nitrogens with zero attached hydrogens (tertiary/aromatic N) is 1. The summed E-state index contributed by atoms with van der Waals surface area (Å²) in [6.45, 7) is 0. The Kier molecular flexibility index (Phi) is 2.22. The SMILES string of the molecule is Nc1onc(C2CC3CC3C2)c1-c1cccc(F)c1. The van der Waals surface area contributed by atoms with E-state index in [0.717, 1.165) is 28.7 Å². The highest BCUT2D eigenvalue weighted by molar-refractivity contribution is 5.75. The van der Waals surface area contributed by atoms with Gasteiger partial charge in [0.1, 0.15) is 5.82 Å². The Morgan fingerprint density at radius 3 is 2.74 bits per heavy atom. The Hall–Kier alpha value is -1.84. The van der Waals surface area contributed by atoms with Crippen molar-refractivity contribution >= 4 is 5.88 Å². The molecule has 4 rings (SSSR count). The Bertz CT molecular complexity index is 627. The van der Waals surface area contributed by atoms with Gasteiger partial charge in [0.05, 0.1) is 11.3 Å². The van der Waals surface area contributed by atoms with E-state index in [9.17, 15) is 4.39 Å². The van der Waals surface area contributed by atoms with Crippen LogP contribution in [0, 0.1) is 17.7 Å². The number of aromatic nitrogens is 1. The number of fused-ring (bicyclic) bond motifs is 1. The van der Waals surface area contributed by atoms with Crippen molar-refractivity contribution in [1.82, 2.24) is 5.16 Å². The number of rotatable bonds is 2. The molecule has 0 bridgehead atoms. The molecule has 2 N–H and O–H groups in total. The van der Waals surface area contributed by atoms with Gasteiger partial charge in [-0.2, -0.15) is 0 Å². The first-order valence-electron chi connectivity index (χ1n) is 6.73. The minimum atomic E-state index is -0.265. The first kappa shape index (κ1) is 11.0. The molecule has 2 unspecified atom stereocenters. The largest absolute Gasteiger partial charge is 0.367 e. The van der Waals surface area contributed by atoms with Gasteiger partial charge >= 0.3 is 0 Å². The Morgan fingerprint density at radius 2 is 2.00 bits per heavy atom. The third kappa shape index (κ3) is 1.74. The number of nitrogens with two attached hydrogens (primary N) is 1. The first-order chi connectivity index (χ1) is 9.22. The van der Waals surface area contributed by atoms with Crippen LogP contribution in [-0.2, 0) is 0 Å². The van der Waals surface area contributed by atoms with Crippen LogP contribution in [0.15, 0.2) is 28.8 Å². The van der Waals surface area contributed by atoms with Crippen LogP contribution in [-0.4, -0.2) is 5.16 Å². The highest BCUT2D eigenvalue weighted by atomic mass is 19.1. The highest BCUT2D eigenvalue weighted by Crippen LogP contribution is 2.58. The summed E-state index contributed by atoms with van der Waals surface area (Å²) in [6.07, 6.45) is 3.69. The van der Waals surface area contributed by atoms with Gasteiger partial charge in [0.25, 0.3) is 0 Å². The molecule has 2 saturated carbocycles. The summed E-state index contributed by atoms with van der Waals surface area (Å²) >= 11 is 0. The lowest BCUT2D eigenvalue weighted by atomic mass is 9.93. The fourth-order valence-corrected chi connectivity index (χ4v) is 3.47. The maximum Gasteiger partial charge on any atom is 0.230 e. The minimum absolute atomic E-state index is 0.265. The van der Waals surface area contributed by atoms with Gasteiger partial charge in [0, 0.05) is 5.92 Å². The van der Waals surface area contributed by atoms with E-state index in [-0.39, 0.29) is 5.82 Å². The molecule has 0 saturated heterocycles. The zero-order valence-electron chi connectivity index (χ0n) is 10.5. The van der Waals surface area contributed by atoms with Crippen molar-refractivity contribution in [2.24, 2.45) is 11.8 Å². The van der Waals surface area contributed by atoms with Crippen LogP contribution in [0.5, 0.6) is 0 Å². The summed E-state index contributed by atoms with van der Waals surface area (Å²) in [5, 5.41) is 4.14. The lowest BCUT2D eigenvalue weighted by Crippen LogP contribution is -1.99. The molecule has 2 atom stereocenters. The maximum atomic E-state index is 13.4. The average Bonchev–Trinajstić information content (AvgIpc) is 2.84. The molecule has 3 nitrogen and oxygen atoms in total. The normalized spacial score (nSPS) is 28.4. The predicted octanol–water partition coefficient (Wildman–Crippen LogP) is 3.58. The van der Waals surface area contributed by atoms with E-state index >= 15 is 0 Å². The van der Waals surface area contributed by atoms with Crippen molar-refractivity contribution in [3.05, 3.63) is 35.8 Å². The van der Waals surface area contributed by atoms with Gasteiger partial charge < -0.3 is 10.3 Å². The quantitative estimate of drug-likeness (QED) is 0.895. The molecular formula is C15H15FN2O. The molecule has 2 aliphatic carbocycles. The van der Waals surface area contributed by atoms with Crippen LogP contribution in [0.3, 0.4) is 0 Å². The molecule has 19 heavy (non-hydrogen) atoms. The van der Waals surface area contributed by atoms with Crippen molar-refractivity contribution < 1.29 is 8.91 Å². The zero-order chi connectivity index (χ0) is 13.0. The molecule has 1 aromatic heterocycles. The number of hydrogen-bond donors (Lipinski definition) is 1. The van der Waals surface area contributed by atoms with E-state index in [0.29, 0.717) is 11.8 Å². The van der Waals surface area contributed by atoms with Crippen LogP contribution in [0.25, 0.3) is 11.1 Å². The van der Waals surface area contributed by atoms with Gasteiger partial charge in [-0.25, -0.2) is 4.39 Å². The molecule has 0 spiro atoms. The fraction of sp³-hybridized carbons (Fsp3) is 0.400. The molecule has 2 aromatic rings. The predicted molar refractivity (Wildman–Crippen MR) is 69.9 cm³/mol. The summed E-state index contributed by atoms with van der Waals surface area (Å²) in [4.78, 5) is 0. The first-order valence-corrected chi connectivity index (χ1v) is 6.73. The highest BCUT2D eigenvalue weighted by Gasteiger charge is 2.47. The fourth-order valence-electron chi connectivity index (χ4n) is 3.47. The monoisotopic (exact) mass is 258 g/mol. The third-order valence-electron chi connectivity index (χ3n) is 4.49. The molecule has 4 heteroatoms. The lowest BCUT2D eigenvalue weighted by Gasteiger charge is -2.10. The van der Waals surface area contributed by atoms with E-state index in [2.05, 4.69) is 5.16 Å². The van der Waals surface area contributed by atoms with E-state index in [1.807, 2.05) is 6.07 Å². The Morgan fingerprint density at radius 1 is 1.21 bits per heavy atom. The standard InChI is InChI=1S/C15H15FN2O/c16-12-3-1-2-8(7-12)13-14(18-19-15(13)17)11-5-9-4-10(9)6-11/h1-3,7,9-11H,4-6,17H2. The smallest absolute Gasteiger partial charge is 0.230 e. The van der Waals surface area contributed by atoms with Crippen LogP contribution < -0.4 is 5.73 Å². The van der Waals surface area contributed by atoms with Crippen molar-refractivity contribution in [2.75, 3.05) is 5.73 Å². The molecule has 0 aliphatic heterocycles. The second-order valence-corrected chi connectivity index (χ2v) is 5.74. The third-order valence-corrected chi connectivity index (χ3v) is 4.49. The number of halogens is 1. The average molecular weight is 258 g/mol. The van der Waals surface area contributed by atoms with Gasteiger partial charge in [0.15, 0.2) is 0 Å². The van der Waals surface area contributed by atoms with Crippen molar-refractivity contribution in [1.29, 1.82) is 0 Å². The summed E-state index contributed by atoms with van der Waals surface area (Å²) in [5.74, 6) is 2.18. The molecule has 2 aliphatic rings. The number of anilines is 1. The van der Waals surface area contributed by atoms with Gasteiger partial charge in [-0.15, -0.1) is 0 Å². The van der Waals surface area contributed by atoms with E-state index in [4.69, 9.17) is 10.3 Å². The summed E-state index contributed by atoms with van der Waals surface area (Å²) in [7, 11) is 0. The topological polar surface area (TPSA) is 52.0 Å². The number of hydrogen-bond acceptors (Lipinski definition) is 3. The second-order valence-electron chi connectivity index (χ2n) is 5.74. The Labute approximate surface area is 110 Å². The summed E-state index contributed by atoms with van der Waals surface area (Å²) in [5.41, 5.74) is 8.34. The molecule has 0 amide bonds. The summed E-state index contributed by atoms with van der Waals surface area (Å²) < 4.78 is 18.5. The minimum Gasteiger partial charge on any atom is -0.367 e. The van der Waals surface area contributed by atoms with Crippen molar-refractivity contribution in [2.45, 2.75) is 25.2 Å². The van der Waals surface area contributed by atoms with Crippen LogP contribution in [0.4, 0.5) is 10.3 Å². The maximum absolute atomic E-state index is 13.4. The van der Waals surface area contributed by atoms with Crippen molar-refractivity contribution in [3.8, 4) is 11.1 Å². The summed E-state index contributed by atoms with van der Waals surface area (Å²) in [6, 6.07) is 6.46. The molecule has 1 heterocycles. The molecular weight excluding hydrogens is 243 g/mol. The van der Waals surface area contributed by atoms with Gasteiger partial charge in [0.2, 0.25) is 5.88 Å². The van der Waals surface area contributed by atoms with Gasteiger partial charge in [-0.1, -0.05) is 17.3 Å². The molecule has 2 fully saturated rings. The van der Waals surface area contributed by atoms with Gasteiger partial charge in [-0.3, -0.25) is 0 Å². The molecule has 98 valence electrons. The molecule has 1 aromatic carbocycles. The van der Waals surface area contributed by atoms with Crippen LogP contribution in [0.2, 0.25) is 0 Å². The second kappa shape index (κ2) is 3.83. The van der Waals surface area contributed by atoms with Gasteiger partial charge in [-0.05, 0) is 48.8 Å². The van der Waals surface area contributed by atoms with E-state index in [1.165, 1.54) is 31.4 Å².